The molecule has 0 bridgehead atoms. The molecule has 0 fully saturated rings. The van der Waals surface area contributed by atoms with Crippen LogP contribution in [0.2, 0.25) is 0 Å². The Bertz CT molecular complexity index is 288. The lowest BCUT2D eigenvalue weighted by molar-refractivity contribution is 0.642. The minimum atomic E-state index is 0.646. The second kappa shape index (κ2) is 4.67. The van der Waals surface area contributed by atoms with Gasteiger partial charge in [0, 0.05) is 0 Å². The largest absolute Gasteiger partial charge is 0.192 e. The van der Waals surface area contributed by atoms with E-state index in [0.717, 1.165) is 5.56 Å². The molecule has 1 aromatic carbocycles. The molecular weight excluding hydrogens is 158 g/mol. The molecule has 1 heteroatoms. The lowest BCUT2D eigenvalue weighted by Crippen LogP contribution is -1.94. The molecule has 1 aromatic rings. The van der Waals surface area contributed by atoms with Crippen molar-refractivity contribution in [1.82, 2.24) is 0 Å². The fourth-order valence-corrected chi connectivity index (χ4v) is 1.59. The maximum Gasteiger partial charge on any atom is 0.0991 e. The SMILES string of the molecule is CCC(CC)c1ccc(C#N)cc1. The molecule has 0 unspecified atom stereocenters. The van der Waals surface area contributed by atoms with Crippen LogP contribution in [0, 0.1) is 11.3 Å². The van der Waals surface area contributed by atoms with Crippen LogP contribution in [0.5, 0.6) is 0 Å². The highest BCUT2D eigenvalue weighted by Gasteiger charge is 2.05. The lowest BCUT2D eigenvalue weighted by atomic mass is 9.93. The summed E-state index contributed by atoms with van der Waals surface area (Å²) in [4.78, 5) is 0. The van der Waals surface area contributed by atoms with Crippen molar-refractivity contribution in [3.05, 3.63) is 35.4 Å². The third-order valence-electron chi connectivity index (χ3n) is 2.50. The maximum absolute atomic E-state index is 8.63. The summed E-state index contributed by atoms with van der Waals surface area (Å²) in [6, 6.07) is 10.1. The van der Waals surface area contributed by atoms with E-state index >= 15 is 0 Å². The summed E-state index contributed by atoms with van der Waals surface area (Å²) in [7, 11) is 0. The number of rotatable bonds is 3. The quantitative estimate of drug-likeness (QED) is 0.686. The summed E-state index contributed by atoms with van der Waals surface area (Å²) in [6.45, 7) is 4.40. The van der Waals surface area contributed by atoms with Gasteiger partial charge in [0.25, 0.3) is 0 Å². The first-order chi connectivity index (χ1) is 6.31. The average Bonchev–Trinajstić information content (AvgIpc) is 2.21. The molecule has 1 rings (SSSR count). The first-order valence-electron chi connectivity index (χ1n) is 4.81. The van der Waals surface area contributed by atoms with Gasteiger partial charge in [0.1, 0.15) is 0 Å². The predicted octanol–water partition coefficient (Wildman–Crippen LogP) is 3.46. The Morgan fingerprint density at radius 2 is 1.69 bits per heavy atom. The van der Waals surface area contributed by atoms with Gasteiger partial charge in [0.15, 0.2) is 0 Å². The Hall–Kier alpha value is -1.29. The van der Waals surface area contributed by atoms with Crippen molar-refractivity contribution < 1.29 is 0 Å². The molecule has 0 N–H and O–H groups in total. The lowest BCUT2D eigenvalue weighted by Gasteiger charge is -2.11. The van der Waals surface area contributed by atoms with Gasteiger partial charge in [-0.25, -0.2) is 0 Å². The molecule has 0 spiro atoms. The van der Waals surface area contributed by atoms with Crippen LogP contribution >= 0.6 is 0 Å². The summed E-state index contributed by atoms with van der Waals surface area (Å²) in [6.07, 6.45) is 2.34. The van der Waals surface area contributed by atoms with Crippen LogP contribution < -0.4 is 0 Å². The van der Waals surface area contributed by atoms with Gasteiger partial charge in [-0.2, -0.15) is 5.26 Å². The summed E-state index contributed by atoms with van der Waals surface area (Å²) < 4.78 is 0. The van der Waals surface area contributed by atoms with Gasteiger partial charge in [0.2, 0.25) is 0 Å². The fraction of sp³-hybridized carbons (Fsp3) is 0.417. The molecule has 0 aliphatic carbocycles. The van der Waals surface area contributed by atoms with Gasteiger partial charge < -0.3 is 0 Å². The summed E-state index contributed by atoms with van der Waals surface area (Å²) in [5.74, 6) is 0.646. The van der Waals surface area contributed by atoms with Gasteiger partial charge in [-0.3, -0.25) is 0 Å². The highest BCUT2D eigenvalue weighted by molar-refractivity contribution is 5.32. The maximum atomic E-state index is 8.63. The number of hydrogen-bond donors (Lipinski definition) is 0. The molecule has 0 saturated carbocycles. The second-order valence-electron chi connectivity index (χ2n) is 3.25. The van der Waals surface area contributed by atoms with Crippen molar-refractivity contribution in [3.8, 4) is 6.07 Å². The van der Waals surface area contributed by atoms with Gasteiger partial charge in [-0.05, 0) is 36.5 Å². The van der Waals surface area contributed by atoms with E-state index < -0.39 is 0 Å². The van der Waals surface area contributed by atoms with E-state index in [1.165, 1.54) is 18.4 Å². The Morgan fingerprint density at radius 1 is 1.15 bits per heavy atom. The van der Waals surface area contributed by atoms with Crippen molar-refractivity contribution in [2.24, 2.45) is 0 Å². The van der Waals surface area contributed by atoms with Gasteiger partial charge in [-0.1, -0.05) is 26.0 Å². The normalized spacial score (nSPS) is 10.0. The first-order valence-corrected chi connectivity index (χ1v) is 4.81. The third kappa shape index (κ3) is 2.32. The standard InChI is InChI=1S/C12H15N/c1-3-11(4-2)12-7-5-10(9-13)6-8-12/h5-8,11H,3-4H2,1-2H3. The van der Waals surface area contributed by atoms with E-state index in [-0.39, 0.29) is 0 Å². The average molecular weight is 173 g/mol. The van der Waals surface area contributed by atoms with Crippen LogP contribution in [-0.2, 0) is 0 Å². The number of nitrogens with zero attached hydrogens (tertiary/aromatic N) is 1. The summed E-state index contributed by atoms with van der Waals surface area (Å²) in [5, 5.41) is 8.63. The highest BCUT2D eigenvalue weighted by atomic mass is 14.2. The van der Waals surface area contributed by atoms with Crippen LogP contribution in [-0.4, -0.2) is 0 Å². The van der Waals surface area contributed by atoms with Crippen LogP contribution in [0.15, 0.2) is 24.3 Å². The minimum Gasteiger partial charge on any atom is -0.192 e. The van der Waals surface area contributed by atoms with Crippen molar-refractivity contribution in [3.63, 3.8) is 0 Å². The van der Waals surface area contributed by atoms with Crippen molar-refractivity contribution in [2.45, 2.75) is 32.6 Å². The molecule has 0 aliphatic rings. The zero-order valence-electron chi connectivity index (χ0n) is 8.25. The molecule has 13 heavy (non-hydrogen) atoms. The van der Waals surface area contributed by atoms with Crippen LogP contribution in [0.3, 0.4) is 0 Å². The highest BCUT2D eigenvalue weighted by Crippen LogP contribution is 2.22. The number of benzene rings is 1. The summed E-state index contributed by atoms with van der Waals surface area (Å²) >= 11 is 0. The molecule has 0 amide bonds. The van der Waals surface area contributed by atoms with Crippen molar-refractivity contribution >= 4 is 0 Å². The van der Waals surface area contributed by atoms with Crippen LogP contribution in [0.4, 0.5) is 0 Å². The van der Waals surface area contributed by atoms with Crippen LogP contribution in [0.1, 0.15) is 43.7 Å². The Balaban J connectivity index is 2.85. The van der Waals surface area contributed by atoms with Gasteiger partial charge in [0.05, 0.1) is 11.6 Å². The third-order valence-corrected chi connectivity index (χ3v) is 2.50. The molecule has 0 radical (unpaired) electrons. The monoisotopic (exact) mass is 173 g/mol. The van der Waals surface area contributed by atoms with E-state index in [9.17, 15) is 0 Å². The molecule has 0 aromatic heterocycles. The topological polar surface area (TPSA) is 23.8 Å². The first kappa shape index (κ1) is 9.80. The van der Waals surface area contributed by atoms with E-state index in [4.69, 9.17) is 5.26 Å². The molecule has 0 aliphatic heterocycles. The van der Waals surface area contributed by atoms with Crippen LogP contribution in [0.25, 0.3) is 0 Å². The summed E-state index contributed by atoms with van der Waals surface area (Å²) in [5.41, 5.74) is 2.10. The fourth-order valence-electron chi connectivity index (χ4n) is 1.59. The molecule has 0 atom stereocenters. The molecular formula is C12H15N. The van der Waals surface area contributed by atoms with Crippen molar-refractivity contribution in [1.29, 1.82) is 5.26 Å². The zero-order chi connectivity index (χ0) is 9.68. The van der Waals surface area contributed by atoms with Gasteiger partial charge in [-0.15, -0.1) is 0 Å². The van der Waals surface area contributed by atoms with Crippen molar-refractivity contribution in [2.75, 3.05) is 0 Å². The Kier molecular flexibility index (Phi) is 3.52. The van der Waals surface area contributed by atoms with E-state index in [2.05, 4.69) is 32.0 Å². The molecule has 0 heterocycles. The Morgan fingerprint density at radius 3 is 2.08 bits per heavy atom. The molecule has 68 valence electrons. The van der Waals surface area contributed by atoms with E-state index in [1.54, 1.807) is 0 Å². The van der Waals surface area contributed by atoms with E-state index in [0.29, 0.717) is 5.92 Å². The molecule has 1 nitrogen and oxygen atoms in total. The van der Waals surface area contributed by atoms with E-state index in [1.807, 2.05) is 12.1 Å². The minimum absolute atomic E-state index is 0.646. The second-order valence-corrected chi connectivity index (χ2v) is 3.25. The Labute approximate surface area is 80.0 Å². The zero-order valence-corrected chi connectivity index (χ0v) is 8.25. The molecule has 0 saturated heterocycles. The number of nitriles is 1. The van der Waals surface area contributed by atoms with Gasteiger partial charge >= 0.3 is 0 Å². The smallest absolute Gasteiger partial charge is 0.0991 e. The number of hydrogen-bond acceptors (Lipinski definition) is 1. The predicted molar refractivity (Wildman–Crippen MR) is 54.5 cm³/mol.